The Morgan fingerprint density at radius 2 is 1.86 bits per heavy atom. The highest BCUT2D eigenvalue weighted by atomic mass is 16.4. The van der Waals surface area contributed by atoms with Gasteiger partial charge >= 0.3 is 0 Å². The first kappa shape index (κ1) is 15.3. The minimum absolute atomic E-state index is 0.0516. The second kappa shape index (κ2) is 5.74. The third-order valence-corrected chi connectivity index (χ3v) is 3.28. The SMILES string of the molecule is CC(N)c1ccc(C(=O)Nc2ccccc2C(C)(C)C)o1. The molecule has 4 heteroatoms. The molecule has 1 aromatic carbocycles. The summed E-state index contributed by atoms with van der Waals surface area (Å²) >= 11 is 0. The predicted octanol–water partition coefficient (Wildman–Crippen LogP) is 3.85. The Kier molecular flexibility index (Phi) is 4.19. The molecule has 3 N–H and O–H groups in total. The average Bonchev–Trinajstić information content (AvgIpc) is 2.88. The molecule has 0 saturated carbocycles. The van der Waals surface area contributed by atoms with Crippen LogP contribution in [0, 0.1) is 0 Å². The monoisotopic (exact) mass is 286 g/mol. The van der Waals surface area contributed by atoms with Crippen LogP contribution in [0.15, 0.2) is 40.8 Å². The molecule has 1 atom stereocenters. The number of para-hydroxylation sites is 1. The Hall–Kier alpha value is -2.07. The predicted molar refractivity (Wildman–Crippen MR) is 84.4 cm³/mol. The number of amides is 1. The van der Waals surface area contributed by atoms with Gasteiger partial charge in [-0.2, -0.15) is 0 Å². The molecule has 2 rings (SSSR count). The van der Waals surface area contributed by atoms with Gasteiger partial charge in [0.15, 0.2) is 5.76 Å². The van der Waals surface area contributed by atoms with Crippen molar-refractivity contribution in [3.05, 3.63) is 53.5 Å². The number of furan rings is 1. The van der Waals surface area contributed by atoms with Crippen LogP contribution in [0.5, 0.6) is 0 Å². The van der Waals surface area contributed by atoms with E-state index in [-0.39, 0.29) is 23.1 Å². The van der Waals surface area contributed by atoms with Gasteiger partial charge in [-0.05, 0) is 36.1 Å². The van der Waals surface area contributed by atoms with E-state index in [1.54, 1.807) is 12.1 Å². The first-order valence-electron chi connectivity index (χ1n) is 7.05. The summed E-state index contributed by atoms with van der Waals surface area (Å²) in [4.78, 5) is 12.3. The first-order chi connectivity index (χ1) is 9.79. The van der Waals surface area contributed by atoms with Crippen molar-refractivity contribution >= 4 is 11.6 Å². The molecule has 0 aliphatic rings. The zero-order valence-corrected chi connectivity index (χ0v) is 12.9. The number of nitrogens with two attached hydrogens (primary N) is 1. The summed E-state index contributed by atoms with van der Waals surface area (Å²) in [6.45, 7) is 8.15. The standard InChI is InChI=1S/C17H22N2O2/c1-11(18)14-9-10-15(21-14)16(20)19-13-8-6-5-7-12(13)17(2,3)4/h5-11H,18H2,1-4H3,(H,19,20). The quantitative estimate of drug-likeness (QED) is 0.900. The lowest BCUT2D eigenvalue weighted by molar-refractivity contribution is 0.0994. The highest BCUT2D eigenvalue weighted by Gasteiger charge is 2.20. The summed E-state index contributed by atoms with van der Waals surface area (Å²) in [7, 11) is 0. The van der Waals surface area contributed by atoms with Crippen molar-refractivity contribution in [2.45, 2.75) is 39.2 Å². The number of carbonyl (C=O) groups is 1. The Labute approximate surface area is 125 Å². The van der Waals surface area contributed by atoms with E-state index < -0.39 is 0 Å². The molecule has 4 nitrogen and oxygen atoms in total. The van der Waals surface area contributed by atoms with Gasteiger partial charge in [0.25, 0.3) is 5.91 Å². The fourth-order valence-electron chi connectivity index (χ4n) is 2.15. The minimum atomic E-state index is -0.265. The summed E-state index contributed by atoms with van der Waals surface area (Å²) in [6.07, 6.45) is 0. The summed E-state index contributed by atoms with van der Waals surface area (Å²) in [5.74, 6) is 0.605. The molecule has 2 aromatic rings. The van der Waals surface area contributed by atoms with Crippen LogP contribution in [0.2, 0.25) is 0 Å². The molecule has 1 aromatic heterocycles. The lowest BCUT2D eigenvalue weighted by Gasteiger charge is -2.22. The number of carbonyl (C=O) groups excluding carboxylic acids is 1. The van der Waals surface area contributed by atoms with E-state index >= 15 is 0 Å². The maximum absolute atomic E-state index is 12.3. The van der Waals surface area contributed by atoms with Crippen LogP contribution in [0.1, 0.15) is 55.6 Å². The van der Waals surface area contributed by atoms with Crippen molar-refractivity contribution in [1.29, 1.82) is 0 Å². The zero-order valence-electron chi connectivity index (χ0n) is 12.9. The largest absolute Gasteiger partial charge is 0.454 e. The van der Waals surface area contributed by atoms with Crippen LogP contribution in [-0.2, 0) is 5.41 Å². The topological polar surface area (TPSA) is 68.3 Å². The normalized spacial score (nSPS) is 13.0. The molecule has 0 radical (unpaired) electrons. The fraction of sp³-hybridized carbons (Fsp3) is 0.353. The molecule has 0 bridgehead atoms. The number of nitrogens with one attached hydrogen (secondary N) is 1. The maximum atomic E-state index is 12.3. The van der Waals surface area contributed by atoms with Crippen LogP contribution in [0.3, 0.4) is 0 Å². The Morgan fingerprint density at radius 3 is 2.43 bits per heavy atom. The van der Waals surface area contributed by atoms with Gasteiger partial charge in [0, 0.05) is 5.69 Å². The van der Waals surface area contributed by atoms with Gasteiger partial charge in [0.05, 0.1) is 6.04 Å². The smallest absolute Gasteiger partial charge is 0.291 e. The van der Waals surface area contributed by atoms with E-state index in [4.69, 9.17) is 10.2 Å². The molecular weight excluding hydrogens is 264 g/mol. The van der Waals surface area contributed by atoms with Gasteiger partial charge in [-0.3, -0.25) is 4.79 Å². The number of hydrogen-bond acceptors (Lipinski definition) is 3. The number of anilines is 1. The Bertz CT molecular complexity index is 636. The van der Waals surface area contributed by atoms with Gasteiger partial charge in [-0.1, -0.05) is 39.0 Å². The van der Waals surface area contributed by atoms with Crippen molar-refractivity contribution in [3.8, 4) is 0 Å². The molecule has 0 saturated heterocycles. The van der Waals surface area contributed by atoms with Gasteiger partial charge in [0.1, 0.15) is 5.76 Å². The minimum Gasteiger partial charge on any atom is -0.454 e. The highest BCUT2D eigenvalue weighted by molar-refractivity contribution is 6.02. The number of rotatable bonds is 3. The Balaban J connectivity index is 2.24. The number of hydrogen-bond donors (Lipinski definition) is 2. The number of benzene rings is 1. The molecule has 0 aliphatic heterocycles. The van der Waals surface area contributed by atoms with Gasteiger partial charge < -0.3 is 15.5 Å². The molecule has 1 amide bonds. The summed E-state index contributed by atoms with van der Waals surface area (Å²) < 4.78 is 5.47. The van der Waals surface area contributed by atoms with Crippen molar-refractivity contribution < 1.29 is 9.21 Å². The third-order valence-electron chi connectivity index (χ3n) is 3.28. The van der Waals surface area contributed by atoms with E-state index in [9.17, 15) is 4.79 Å². The molecule has 1 heterocycles. The average molecular weight is 286 g/mol. The maximum Gasteiger partial charge on any atom is 0.291 e. The summed E-state index contributed by atoms with van der Waals surface area (Å²) in [5.41, 5.74) is 7.56. The van der Waals surface area contributed by atoms with E-state index in [1.165, 1.54) is 0 Å². The molecule has 0 spiro atoms. The van der Waals surface area contributed by atoms with Crippen LogP contribution in [-0.4, -0.2) is 5.91 Å². The molecule has 21 heavy (non-hydrogen) atoms. The first-order valence-corrected chi connectivity index (χ1v) is 7.05. The molecule has 112 valence electrons. The van der Waals surface area contributed by atoms with Gasteiger partial charge in [-0.25, -0.2) is 0 Å². The van der Waals surface area contributed by atoms with Gasteiger partial charge in [0.2, 0.25) is 0 Å². The summed E-state index contributed by atoms with van der Waals surface area (Å²) in [6, 6.07) is 10.9. The Morgan fingerprint density at radius 1 is 1.19 bits per heavy atom. The lowest BCUT2D eigenvalue weighted by atomic mass is 9.86. The zero-order chi connectivity index (χ0) is 15.6. The lowest BCUT2D eigenvalue weighted by Crippen LogP contribution is -2.18. The van der Waals surface area contributed by atoms with Crippen LogP contribution in [0.4, 0.5) is 5.69 Å². The molecule has 0 fully saturated rings. The van der Waals surface area contributed by atoms with E-state index in [1.807, 2.05) is 31.2 Å². The molecule has 1 unspecified atom stereocenters. The van der Waals surface area contributed by atoms with Crippen molar-refractivity contribution in [3.63, 3.8) is 0 Å². The second-order valence-electron chi connectivity index (χ2n) is 6.24. The van der Waals surface area contributed by atoms with Crippen molar-refractivity contribution in [1.82, 2.24) is 0 Å². The molecule has 0 aliphatic carbocycles. The molecular formula is C17H22N2O2. The van der Waals surface area contributed by atoms with Crippen molar-refractivity contribution in [2.24, 2.45) is 5.73 Å². The van der Waals surface area contributed by atoms with E-state index in [0.29, 0.717) is 5.76 Å². The van der Waals surface area contributed by atoms with Crippen LogP contribution >= 0.6 is 0 Å². The van der Waals surface area contributed by atoms with Crippen molar-refractivity contribution in [2.75, 3.05) is 5.32 Å². The summed E-state index contributed by atoms with van der Waals surface area (Å²) in [5, 5.41) is 2.91. The fourth-order valence-corrected chi connectivity index (χ4v) is 2.15. The third kappa shape index (κ3) is 3.52. The highest BCUT2D eigenvalue weighted by Crippen LogP contribution is 2.29. The van der Waals surface area contributed by atoms with Gasteiger partial charge in [-0.15, -0.1) is 0 Å². The van der Waals surface area contributed by atoms with Crippen LogP contribution in [0.25, 0.3) is 0 Å². The second-order valence-corrected chi connectivity index (χ2v) is 6.24. The van der Waals surface area contributed by atoms with E-state index in [2.05, 4.69) is 26.1 Å². The van der Waals surface area contributed by atoms with E-state index in [0.717, 1.165) is 11.3 Å². The van der Waals surface area contributed by atoms with Crippen LogP contribution < -0.4 is 11.1 Å².